The van der Waals surface area contributed by atoms with Crippen LogP contribution in [0.2, 0.25) is 0 Å². The van der Waals surface area contributed by atoms with Gasteiger partial charge < -0.3 is 4.74 Å². The van der Waals surface area contributed by atoms with Crippen LogP contribution in [0.1, 0.15) is 26.2 Å². The minimum atomic E-state index is 0.451. The number of ether oxygens (including phenoxy) is 1. The van der Waals surface area contributed by atoms with Gasteiger partial charge in [0.1, 0.15) is 0 Å². The number of hydrogen-bond acceptors (Lipinski definition) is 2. The van der Waals surface area contributed by atoms with Crippen molar-refractivity contribution in [3.63, 3.8) is 0 Å². The van der Waals surface area contributed by atoms with Crippen LogP contribution in [0.5, 0.6) is 0 Å². The van der Waals surface area contributed by atoms with Gasteiger partial charge in [0.05, 0.1) is 12.6 Å². The second-order valence-electron chi connectivity index (χ2n) is 3.59. The van der Waals surface area contributed by atoms with Crippen LogP contribution in [0.3, 0.4) is 0 Å². The zero-order chi connectivity index (χ0) is 7.68. The highest BCUT2D eigenvalue weighted by molar-refractivity contribution is 5.82. The monoisotopic (exact) mass is 153 g/mol. The molecule has 0 bridgehead atoms. The van der Waals surface area contributed by atoms with Crippen LogP contribution in [-0.4, -0.2) is 25.0 Å². The number of rotatable bonds is 0. The molecule has 2 unspecified atom stereocenters. The van der Waals surface area contributed by atoms with Crippen molar-refractivity contribution in [2.24, 2.45) is 10.9 Å². The van der Waals surface area contributed by atoms with Crippen molar-refractivity contribution in [1.82, 2.24) is 0 Å². The molecule has 2 heterocycles. The van der Waals surface area contributed by atoms with Crippen LogP contribution >= 0.6 is 0 Å². The molecule has 0 aromatic heterocycles. The van der Waals surface area contributed by atoms with Crippen molar-refractivity contribution in [2.75, 3.05) is 13.2 Å². The fourth-order valence-electron chi connectivity index (χ4n) is 2.03. The molecule has 0 aliphatic carbocycles. The molecule has 2 rings (SSSR count). The molecule has 0 aromatic carbocycles. The molecule has 0 radical (unpaired) electrons. The smallest absolute Gasteiger partial charge is 0.0801 e. The van der Waals surface area contributed by atoms with Gasteiger partial charge in [-0.15, -0.1) is 0 Å². The summed E-state index contributed by atoms with van der Waals surface area (Å²) in [5.41, 5.74) is 1.32. The SMILES string of the molecule is CC1=NCC2OCCCC2C1. The van der Waals surface area contributed by atoms with Gasteiger partial charge in [-0.1, -0.05) is 0 Å². The van der Waals surface area contributed by atoms with Gasteiger partial charge in [0, 0.05) is 12.3 Å². The number of nitrogens with zero attached hydrogens (tertiary/aromatic N) is 1. The van der Waals surface area contributed by atoms with Gasteiger partial charge in [-0.05, 0) is 32.1 Å². The van der Waals surface area contributed by atoms with E-state index in [1.54, 1.807) is 0 Å². The Labute approximate surface area is 67.7 Å². The quantitative estimate of drug-likeness (QED) is 0.518. The van der Waals surface area contributed by atoms with E-state index >= 15 is 0 Å². The standard InChI is InChI=1S/C9H15NO/c1-7-5-8-3-2-4-11-9(8)6-10-7/h8-9H,2-6H2,1H3. The summed E-state index contributed by atoms with van der Waals surface area (Å²) >= 11 is 0. The molecule has 0 amide bonds. The van der Waals surface area contributed by atoms with Gasteiger partial charge in [-0.2, -0.15) is 0 Å². The lowest BCUT2D eigenvalue weighted by molar-refractivity contribution is -0.0207. The molecule has 0 aromatic rings. The number of hydrogen-bond donors (Lipinski definition) is 0. The Morgan fingerprint density at radius 1 is 1.55 bits per heavy atom. The van der Waals surface area contributed by atoms with E-state index in [0.29, 0.717) is 6.10 Å². The highest BCUT2D eigenvalue weighted by atomic mass is 16.5. The molecule has 2 nitrogen and oxygen atoms in total. The van der Waals surface area contributed by atoms with Crippen LogP contribution in [-0.2, 0) is 4.74 Å². The van der Waals surface area contributed by atoms with E-state index in [2.05, 4.69) is 11.9 Å². The van der Waals surface area contributed by atoms with E-state index in [1.165, 1.54) is 25.0 Å². The minimum Gasteiger partial charge on any atom is -0.376 e. The third kappa shape index (κ3) is 1.45. The molecule has 62 valence electrons. The average molecular weight is 153 g/mol. The van der Waals surface area contributed by atoms with Gasteiger partial charge in [-0.3, -0.25) is 4.99 Å². The molecule has 1 saturated heterocycles. The van der Waals surface area contributed by atoms with Gasteiger partial charge in [0.2, 0.25) is 0 Å². The minimum absolute atomic E-state index is 0.451. The zero-order valence-corrected chi connectivity index (χ0v) is 7.05. The van der Waals surface area contributed by atoms with Crippen LogP contribution in [0, 0.1) is 5.92 Å². The van der Waals surface area contributed by atoms with Crippen LogP contribution in [0.15, 0.2) is 4.99 Å². The second-order valence-corrected chi connectivity index (χ2v) is 3.59. The van der Waals surface area contributed by atoms with Crippen LogP contribution in [0.4, 0.5) is 0 Å². The topological polar surface area (TPSA) is 21.6 Å². The fourth-order valence-corrected chi connectivity index (χ4v) is 2.03. The summed E-state index contributed by atoms with van der Waals surface area (Å²) in [5, 5.41) is 0. The van der Waals surface area contributed by atoms with E-state index in [9.17, 15) is 0 Å². The molecular formula is C9H15NO. The summed E-state index contributed by atoms with van der Waals surface area (Å²) in [6.45, 7) is 4.00. The Hall–Kier alpha value is -0.370. The summed E-state index contributed by atoms with van der Waals surface area (Å²) < 4.78 is 5.62. The highest BCUT2D eigenvalue weighted by Gasteiger charge is 2.28. The summed E-state index contributed by atoms with van der Waals surface area (Å²) in [6, 6.07) is 0. The van der Waals surface area contributed by atoms with Crippen molar-refractivity contribution in [3.05, 3.63) is 0 Å². The third-order valence-corrected chi connectivity index (χ3v) is 2.68. The van der Waals surface area contributed by atoms with E-state index in [-0.39, 0.29) is 0 Å². The second kappa shape index (κ2) is 2.94. The van der Waals surface area contributed by atoms with Crippen molar-refractivity contribution >= 4 is 5.71 Å². The lowest BCUT2D eigenvalue weighted by atomic mass is 9.87. The molecule has 2 heteroatoms. The fraction of sp³-hybridized carbons (Fsp3) is 0.889. The Morgan fingerprint density at radius 3 is 3.36 bits per heavy atom. The molecule has 0 N–H and O–H groups in total. The first kappa shape index (κ1) is 7.29. The first-order valence-corrected chi connectivity index (χ1v) is 4.48. The van der Waals surface area contributed by atoms with E-state index in [1.807, 2.05) is 0 Å². The predicted octanol–water partition coefficient (Wildman–Crippen LogP) is 1.65. The van der Waals surface area contributed by atoms with Crippen LogP contribution in [0.25, 0.3) is 0 Å². The maximum absolute atomic E-state index is 5.62. The maximum atomic E-state index is 5.62. The zero-order valence-electron chi connectivity index (χ0n) is 7.05. The molecule has 2 atom stereocenters. The van der Waals surface area contributed by atoms with Gasteiger partial charge in [-0.25, -0.2) is 0 Å². The lowest BCUT2D eigenvalue weighted by Crippen LogP contribution is -2.36. The van der Waals surface area contributed by atoms with Gasteiger partial charge in [0.25, 0.3) is 0 Å². The molecule has 1 fully saturated rings. The lowest BCUT2D eigenvalue weighted by Gasteiger charge is -2.33. The summed E-state index contributed by atoms with van der Waals surface area (Å²) in [6.07, 6.45) is 4.21. The summed E-state index contributed by atoms with van der Waals surface area (Å²) in [7, 11) is 0. The Kier molecular flexibility index (Phi) is 1.95. The summed E-state index contributed by atoms with van der Waals surface area (Å²) in [5.74, 6) is 0.779. The Bertz CT molecular complexity index is 176. The van der Waals surface area contributed by atoms with Gasteiger partial charge >= 0.3 is 0 Å². The van der Waals surface area contributed by atoms with Crippen molar-refractivity contribution in [3.8, 4) is 0 Å². The van der Waals surface area contributed by atoms with E-state index < -0.39 is 0 Å². The molecule has 2 aliphatic heterocycles. The molecule has 2 aliphatic rings. The van der Waals surface area contributed by atoms with Gasteiger partial charge in [0.15, 0.2) is 0 Å². The summed E-state index contributed by atoms with van der Waals surface area (Å²) in [4.78, 5) is 4.41. The predicted molar refractivity (Wildman–Crippen MR) is 45.1 cm³/mol. The van der Waals surface area contributed by atoms with Crippen molar-refractivity contribution in [2.45, 2.75) is 32.3 Å². The van der Waals surface area contributed by atoms with Crippen LogP contribution < -0.4 is 0 Å². The molecular weight excluding hydrogens is 138 g/mol. The van der Waals surface area contributed by atoms with E-state index in [0.717, 1.165) is 19.1 Å². The van der Waals surface area contributed by atoms with Crippen molar-refractivity contribution < 1.29 is 4.74 Å². The number of fused-ring (bicyclic) bond motifs is 1. The van der Waals surface area contributed by atoms with E-state index in [4.69, 9.17) is 4.74 Å². The van der Waals surface area contributed by atoms with Crippen molar-refractivity contribution in [1.29, 1.82) is 0 Å². The number of aliphatic imine (C=N–C) groups is 1. The average Bonchev–Trinajstić information content (AvgIpc) is 2.04. The maximum Gasteiger partial charge on any atom is 0.0801 e. The Balaban J connectivity index is 2.04. The largest absolute Gasteiger partial charge is 0.376 e. The molecule has 0 spiro atoms. The Morgan fingerprint density at radius 2 is 2.45 bits per heavy atom. The normalized spacial score (nSPS) is 37.7. The molecule has 11 heavy (non-hydrogen) atoms. The highest BCUT2D eigenvalue weighted by Crippen LogP contribution is 2.27. The molecule has 0 saturated carbocycles. The first-order valence-electron chi connectivity index (χ1n) is 4.48. The first-order chi connectivity index (χ1) is 5.36. The third-order valence-electron chi connectivity index (χ3n) is 2.68.